The molecule has 0 aromatic heterocycles. The molecule has 1 rings (SSSR count). The third-order valence-corrected chi connectivity index (χ3v) is 2.06. The number of carboxylic acid groups (broad SMARTS) is 1. The van der Waals surface area contributed by atoms with Crippen LogP contribution in [0.1, 0.15) is 22.3 Å². The Balaban J connectivity index is 2.91. The van der Waals surface area contributed by atoms with E-state index in [-0.39, 0.29) is 17.0 Å². The Labute approximate surface area is 103 Å². The molecule has 0 heterocycles. The van der Waals surface area contributed by atoms with E-state index in [1.54, 1.807) is 0 Å². The number of carboxylic acids is 1. The highest BCUT2D eigenvalue weighted by atomic mass is 35.5. The minimum Gasteiger partial charge on any atom is -0.478 e. The van der Waals surface area contributed by atoms with Crippen LogP contribution in [0.4, 0.5) is 0 Å². The van der Waals surface area contributed by atoms with Crippen molar-refractivity contribution in [2.45, 2.75) is 6.42 Å². The predicted molar refractivity (Wildman–Crippen MR) is 61.9 cm³/mol. The van der Waals surface area contributed by atoms with Crippen LogP contribution in [0, 0.1) is 11.8 Å². The van der Waals surface area contributed by atoms with Gasteiger partial charge in [0.2, 0.25) is 0 Å². The van der Waals surface area contributed by atoms with Crippen molar-refractivity contribution in [3.8, 4) is 11.8 Å². The average molecular weight is 253 g/mol. The van der Waals surface area contributed by atoms with E-state index >= 15 is 0 Å². The number of benzene rings is 1. The Morgan fingerprint density at radius 3 is 2.71 bits per heavy atom. The van der Waals surface area contributed by atoms with Crippen LogP contribution in [-0.4, -0.2) is 24.2 Å². The highest BCUT2D eigenvalue weighted by Gasteiger charge is 2.04. The van der Waals surface area contributed by atoms with E-state index in [2.05, 4.69) is 16.6 Å². The number of aromatic carboxylic acids is 1. The van der Waals surface area contributed by atoms with Crippen molar-refractivity contribution in [2.75, 3.05) is 7.11 Å². The van der Waals surface area contributed by atoms with Gasteiger partial charge in [-0.2, -0.15) is 0 Å². The minimum absolute atomic E-state index is 0.0502. The summed E-state index contributed by atoms with van der Waals surface area (Å²) in [6.07, 6.45) is -0.0502. The first-order valence-corrected chi connectivity index (χ1v) is 5.00. The highest BCUT2D eigenvalue weighted by Crippen LogP contribution is 2.14. The van der Waals surface area contributed by atoms with Gasteiger partial charge in [0.1, 0.15) is 6.42 Å². The van der Waals surface area contributed by atoms with E-state index in [9.17, 15) is 9.59 Å². The first-order chi connectivity index (χ1) is 8.02. The Kier molecular flexibility index (Phi) is 4.56. The van der Waals surface area contributed by atoms with E-state index < -0.39 is 11.9 Å². The van der Waals surface area contributed by atoms with E-state index in [1.165, 1.54) is 25.3 Å². The second-order valence-electron chi connectivity index (χ2n) is 3.09. The van der Waals surface area contributed by atoms with Crippen molar-refractivity contribution in [2.24, 2.45) is 0 Å². The van der Waals surface area contributed by atoms with Gasteiger partial charge >= 0.3 is 11.9 Å². The molecule has 0 aliphatic heterocycles. The molecule has 0 fully saturated rings. The molecule has 0 spiro atoms. The summed E-state index contributed by atoms with van der Waals surface area (Å²) >= 11 is 5.74. The van der Waals surface area contributed by atoms with Gasteiger partial charge in [0.05, 0.1) is 12.7 Å². The zero-order chi connectivity index (χ0) is 12.8. The predicted octanol–water partition coefficient (Wildman–Crippen LogP) is 1.95. The first kappa shape index (κ1) is 13.1. The van der Waals surface area contributed by atoms with Crippen LogP contribution in [0.2, 0.25) is 5.02 Å². The van der Waals surface area contributed by atoms with Crippen LogP contribution in [0.5, 0.6) is 0 Å². The zero-order valence-electron chi connectivity index (χ0n) is 8.99. The molecule has 0 aliphatic rings. The summed E-state index contributed by atoms with van der Waals surface area (Å²) in [6, 6.07) is 4.24. The fourth-order valence-electron chi connectivity index (χ4n) is 1.08. The third-order valence-electron chi connectivity index (χ3n) is 1.84. The summed E-state index contributed by atoms with van der Waals surface area (Å²) in [5.41, 5.74) is 0.499. The summed E-state index contributed by atoms with van der Waals surface area (Å²) in [4.78, 5) is 21.6. The number of carbonyl (C=O) groups is 2. The van der Waals surface area contributed by atoms with Gasteiger partial charge in [-0.1, -0.05) is 23.4 Å². The molecule has 0 radical (unpaired) electrons. The van der Waals surface area contributed by atoms with Crippen molar-refractivity contribution in [1.29, 1.82) is 0 Å². The standard InChI is InChI=1S/C12H9ClO4/c1-17-11(14)4-2-3-8-5-9(12(15)16)7-10(13)6-8/h5-7H,4H2,1H3,(H,15,16). The van der Waals surface area contributed by atoms with Crippen LogP contribution in [0.25, 0.3) is 0 Å². The Bertz CT molecular complexity index is 511. The van der Waals surface area contributed by atoms with E-state index in [0.717, 1.165) is 0 Å². The van der Waals surface area contributed by atoms with E-state index in [4.69, 9.17) is 16.7 Å². The average Bonchev–Trinajstić information content (AvgIpc) is 2.28. The largest absolute Gasteiger partial charge is 0.478 e. The molecule has 0 saturated heterocycles. The fraction of sp³-hybridized carbons (Fsp3) is 0.167. The van der Waals surface area contributed by atoms with Gasteiger partial charge < -0.3 is 9.84 Å². The second-order valence-corrected chi connectivity index (χ2v) is 3.52. The second kappa shape index (κ2) is 5.92. The van der Waals surface area contributed by atoms with Gasteiger partial charge in [0, 0.05) is 10.6 Å². The van der Waals surface area contributed by atoms with Gasteiger partial charge in [-0.3, -0.25) is 4.79 Å². The van der Waals surface area contributed by atoms with Crippen molar-refractivity contribution in [3.05, 3.63) is 34.3 Å². The normalized spacial score (nSPS) is 9.06. The maximum Gasteiger partial charge on any atom is 0.335 e. The number of esters is 1. The Morgan fingerprint density at radius 2 is 2.12 bits per heavy atom. The van der Waals surface area contributed by atoms with Gasteiger partial charge in [0.15, 0.2) is 0 Å². The smallest absolute Gasteiger partial charge is 0.335 e. The van der Waals surface area contributed by atoms with Crippen molar-refractivity contribution < 1.29 is 19.4 Å². The summed E-state index contributed by atoms with van der Waals surface area (Å²) < 4.78 is 4.41. The molecular weight excluding hydrogens is 244 g/mol. The molecule has 0 bridgehead atoms. The number of rotatable bonds is 2. The third kappa shape index (κ3) is 4.17. The van der Waals surface area contributed by atoms with Crippen LogP contribution in [0.3, 0.4) is 0 Å². The number of hydrogen-bond acceptors (Lipinski definition) is 3. The Morgan fingerprint density at radius 1 is 1.41 bits per heavy atom. The fourth-order valence-corrected chi connectivity index (χ4v) is 1.31. The van der Waals surface area contributed by atoms with Gasteiger partial charge in [0.25, 0.3) is 0 Å². The lowest BCUT2D eigenvalue weighted by molar-refractivity contribution is -0.139. The molecule has 0 unspecified atom stereocenters. The number of carbonyl (C=O) groups excluding carboxylic acids is 1. The Hall–Kier alpha value is -1.99. The number of methoxy groups -OCH3 is 1. The molecule has 0 aliphatic carbocycles. The SMILES string of the molecule is COC(=O)CC#Cc1cc(Cl)cc(C(=O)O)c1. The topological polar surface area (TPSA) is 63.6 Å². The van der Waals surface area contributed by atoms with Crippen molar-refractivity contribution >= 4 is 23.5 Å². The maximum atomic E-state index is 10.8. The summed E-state index contributed by atoms with van der Waals surface area (Å²) in [7, 11) is 1.27. The van der Waals surface area contributed by atoms with Crippen molar-refractivity contribution in [1.82, 2.24) is 0 Å². The van der Waals surface area contributed by atoms with E-state index in [0.29, 0.717) is 5.56 Å². The quantitative estimate of drug-likeness (QED) is 0.645. The molecule has 0 amide bonds. The minimum atomic E-state index is -1.08. The van der Waals surface area contributed by atoms with Crippen LogP contribution < -0.4 is 0 Å². The van der Waals surface area contributed by atoms with Crippen LogP contribution >= 0.6 is 11.6 Å². The van der Waals surface area contributed by atoms with E-state index in [1.807, 2.05) is 0 Å². The zero-order valence-corrected chi connectivity index (χ0v) is 9.75. The summed E-state index contributed by atoms with van der Waals surface area (Å²) in [5, 5.41) is 9.09. The molecule has 17 heavy (non-hydrogen) atoms. The van der Waals surface area contributed by atoms with Gasteiger partial charge in [-0.05, 0) is 18.2 Å². The van der Waals surface area contributed by atoms with Gasteiger partial charge in [-0.25, -0.2) is 4.79 Å². The lowest BCUT2D eigenvalue weighted by Crippen LogP contribution is -1.98. The molecule has 0 atom stereocenters. The lowest BCUT2D eigenvalue weighted by atomic mass is 10.1. The molecule has 4 nitrogen and oxygen atoms in total. The molecule has 0 saturated carbocycles. The number of halogens is 1. The monoisotopic (exact) mass is 252 g/mol. The molecular formula is C12H9ClO4. The first-order valence-electron chi connectivity index (χ1n) is 4.62. The van der Waals surface area contributed by atoms with Crippen molar-refractivity contribution in [3.63, 3.8) is 0 Å². The number of ether oxygens (including phenoxy) is 1. The molecule has 1 aromatic rings. The molecule has 1 aromatic carbocycles. The van der Waals surface area contributed by atoms with Crippen LogP contribution in [0.15, 0.2) is 18.2 Å². The summed E-state index contributed by atoms with van der Waals surface area (Å²) in [5.74, 6) is 3.69. The number of hydrogen-bond donors (Lipinski definition) is 1. The highest BCUT2D eigenvalue weighted by molar-refractivity contribution is 6.31. The van der Waals surface area contributed by atoms with Crippen LogP contribution in [-0.2, 0) is 9.53 Å². The molecule has 5 heteroatoms. The lowest BCUT2D eigenvalue weighted by Gasteiger charge is -1.97. The maximum absolute atomic E-state index is 10.8. The van der Waals surface area contributed by atoms with Gasteiger partial charge in [-0.15, -0.1) is 0 Å². The summed E-state index contributed by atoms with van der Waals surface area (Å²) in [6.45, 7) is 0. The molecule has 88 valence electrons. The molecule has 1 N–H and O–H groups in total.